The number of halogens is 3. The monoisotopic (exact) mass is 630 g/mol. The minimum absolute atomic E-state index is 0.0380. The van der Waals surface area contributed by atoms with Crippen molar-refractivity contribution < 1.29 is 31.1 Å². The Morgan fingerprint density at radius 2 is 1.80 bits per heavy atom. The lowest BCUT2D eigenvalue weighted by Gasteiger charge is -2.43. The Labute approximate surface area is 253 Å². The van der Waals surface area contributed by atoms with E-state index < -0.39 is 27.8 Å². The van der Waals surface area contributed by atoms with Crippen molar-refractivity contribution >= 4 is 21.6 Å². The van der Waals surface area contributed by atoms with Gasteiger partial charge in [-0.05, 0) is 43.7 Å². The van der Waals surface area contributed by atoms with Crippen LogP contribution in [0.25, 0.3) is 16.9 Å². The van der Waals surface area contributed by atoms with Crippen molar-refractivity contribution in [2.24, 2.45) is 0 Å². The largest absolute Gasteiger partial charge is 0.497 e. The van der Waals surface area contributed by atoms with Crippen LogP contribution in [0.5, 0.6) is 5.75 Å². The fourth-order valence-electron chi connectivity index (χ4n) is 5.68. The first-order chi connectivity index (χ1) is 20.8. The Kier molecular flexibility index (Phi) is 8.69. The molecule has 0 unspecified atom stereocenters. The maximum Gasteiger partial charge on any atom is 0.433 e. The number of rotatable bonds is 8. The number of methoxy groups -OCH3 is 1. The standard InChI is InChI=1S/C30H33F3N6O4S/c1-19-18-37(25(17-35-44(4,41)42)21-8-6-5-7-9-21)14-15-38(19)29(40)24-16-34-39-27(30(31,32)33)20(2)26(36-28(24)39)22-10-12-23(43-3)13-11-22/h5-13,16,19,25,35H,14-15,17-18H2,1-4H3/t19-,25+/m1/s1. The van der Waals surface area contributed by atoms with Gasteiger partial charge in [-0.3, -0.25) is 9.69 Å². The molecule has 234 valence electrons. The van der Waals surface area contributed by atoms with Crippen LogP contribution < -0.4 is 9.46 Å². The Morgan fingerprint density at radius 3 is 2.39 bits per heavy atom. The number of hydrogen-bond acceptors (Lipinski definition) is 7. The first kappa shape index (κ1) is 31.4. The van der Waals surface area contributed by atoms with E-state index in [2.05, 4.69) is 19.7 Å². The third-order valence-electron chi connectivity index (χ3n) is 7.83. The molecule has 0 saturated carbocycles. The Morgan fingerprint density at radius 1 is 1.11 bits per heavy atom. The number of benzene rings is 2. The normalized spacial score (nSPS) is 17.2. The number of carbonyl (C=O) groups excluding carboxylic acids is 1. The fraction of sp³-hybridized carbons (Fsp3) is 0.367. The Bertz CT molecular complexity index is 1760. The highest BCUT2D eigenvalue weighted by atomic mass is 32.2. The van der Waals surface area contributed by atoms with Gasteiger partial charge in [-0.25, -0.2) is 22.6 Å². The highest BCUT2D eigenvalue weighted by Gasteiger charge is 2.40. The predicted octanol–water partition coefficient (Wildman–Crippen LogP) is 4.17. The Hall–Kier alpha value is -4.01. The molecule has 2 atom stereocenters. The van der Waals surface area contributed by atoms with Crippen LogP contribution in [0.1, 0.15) is 40.1 Å². The van der Waals surface area contributed by atoms with Gasteiger partial charge < -0.3 is 9.64 Å². The predicted molar refractivity (Wildman–Crippen MR) is 159 cm³/mol. The average molecular weight is 631 g/mol. The number of aromatic nitrogens is 3. The van der Waals surface area contributed by atoms with Crippen molar-refractivity contribution in [3.8, 4) is 17.0 Å². The molecular formula is C30H33F3N6O4S. The molecule has 1 saturated heterocycles. The van der Waals surface area contributed by atoms with E-state index in [0.29, 0.717) is 28.9 Å². The van der Waals surface area contributed by atoms with Crippen LogP contribution in [0.3, 0.4) is 0 Å². The third kappa shape index (κ3) is 6.42. The van der Waals surface area contributed by atoms with Crippen molar-refractivity contribution in [1.82, 2.24) is 29.1 Å². The molecule has 1 aliphatic rings. The van der Waals surface area contributed by atoms with Crippen LogP contribution in [-0.2, 0) is 16.2 Å². The number of carbonyl (C=O) groups is 1. The third-order valence-corrected chi connectivity index (χ3v) is 8.52. The van der Waals surface area contributed by atoms with E-state index in [0.717, 1.165) is 18.0 Å². The minimum Gasteiger partial charge on any atom is -0.497 e. The molecular weight excluding hydrogens is 597 g/mol. The summed E-state index contributed by atoms with van der Waals surface area (Å²) in [4.78, 5) is 22.1. The number of amides is 1. The summed E-state index contributed by atoms with van der Waals surface area (Å²) < 4.78 is 75.3. The lowest BCUT2D eigenvalue weighted by atomic mass is 10.0. The van der Waals surface area contributed by atoms with E-state index >= 15 is 0 Å². The molecule has 2 aromatic heterocycles. The number of nitrogens with zero attached hydrogens (tertiary/aromatic N) is 5. The molecule has 0 spiro atoms. The molecule has 2 aromatic carbocycles. The molecule has 44 heavy (non-hydrogen) atoms. The van der Waals surface area contributed by atoms with Gasteiger partial charge in [0.15, 0.2) is 11.3 Å². The second kappa shape index (κ2) is 12.2. The van der Waals surface area contributed by atoms with Gasteiger partial charge in [0, 0.05) is 49.4 Å². The van der Waals surface area contributed by atoms with Crippen LogP contribution in [0.4, 0.5) is 13.2 Å². The van der Waals surface area contributed by atoms with Crippen molar-refractivity contribution in [3.63, 3.8) is 0 Å². The topological polar surface area (TPSA) is 109 Å². The van der Waals surface area contributed by atoms with Gasteiger partial charge >= 0.3 is 6.18 Å². The molecule has 0 aliphatic carbocycles. The zero-order chi connectivity index (χ0) is 31.8. The second-order valence-electron chi connectivity index (χ2n) is 10.8. The number of nitrogens with one attached hydrogen (secondary N) is 1. The van der Waals surface area contributed by atoms with Crippen LogP contribution >= 0.6 is 0 Å². The summed E-state index contributed by atoms with van der Waals surface area (Å²) in [6.07, 6.45) is -2.52. The number of hydrogen-bond donors (Lipinski definition) is 1. The molecule has 5 rings (SSSR count). The number of sulfonamides is 1. The first-order valence-electron chi connectivity index (χ1n) is 13.9. The molecule has 0 radical (unpaired) electrons. The maximum absolute atomic E-state index is 14.4. The summed E-state index contributed by atoms with van der Waals surface area (Å²) in [5, 5.41) is 3.97. The van der Waals surface area contributed by atoms with Gasteiger partial charge in [0.25, 0.3) is 5.91 Å². The summed E-state index contributed by atoms with van der Waals surface area (Å²) in [5.41, 5.74) is 0.0973. The minimum atomic E-state index is -4.76. The van der Waals surface area contributed by atoms with Crippen LogP contribution in [-0.4, -0.2) is 84.3 Å². The van der Waals surface area contributed by atoms with Gasteiger partial charge in [-0.1, -0.05) is 30.3 Å². The molecule has 1 fully saturated rings. The van der Waals surface area contributed by atoms with Crippen LogP contribution in [0.2, 0.25) is 0 Å². The molecule has 1 N–H and O–H groups in total. The molecule has 1 amide bonds. The number of ether oxygens (including phenoxy) is 1. The van der Waals surface area contributed by atoms with Crippen LogP contribution in [0, 0.1) is 6.92 Å². The Balaban J connectivity index is 1.47. The summed E-state index contributed by atoms with van der Waals surface area (Å²) >= 11 is 0. The van der Waals surface area contributed by atoms with E-state index in [-0.39, 0.29) is 47.6 Å². The number of piperazine rings is 1. The van der Waals surface area contributed by atoms with Gasteiger partial charge in [0.2, 0.25) is 10.0 Å². The van der Waals surface area contributed by atoms with Gasteiger partial charge in [-0.2, -0.15) is 18.3 Å². The van der Waals surface area contributed by atoms with Crippen molar-refractivity contribution in [2.45, 2.75) is 32.1 Å². The van der Waals surface area contributed by atoms with Gasteiger partial charge in [0.1, 0.15) is 11.3 Å². The molecule has 0 bridgehead atoms. The van der Waals surface area contributed by atoms with E-state index in [1.807, 2.05) is 37.3 Å². The highest BCUT2D eigenvalue weighted by molar-refractivity contribution is 7.88. The lowest BCUT2D eigenvalue weighted by molar-refractivity contribution is -0.143. The number of alkyl halides is 3. The molecule has 14 heteroatoms. The second-order valence-corrected chi connectivity index (χ2v) is 12.7. The zero-order valence-corrected chi connectivity index (χ0v) is 25.5. The van der Waals surface area contributed by atoms with Gasteiger partial charge in [-0.15, -0.1) is 0 Å². The van der Waals surface area contributed by atoms with E-state index in [1.165, 1.54) is 14.0 Å². The lowest BCUT2D eigenvalue weighted by Crippen LogP contribution is -2.55. The van der Waals surface area contributed by atoms with Crippen molar-refractivity contribution in [1.29, 1.82) is 0 Å². The maximum atomic E-state index is 14.4. The van der Waals surface area contributed by atoms with E-state index in [4.69, 9.17) is 4.74 Å². The van der Waals surface area contributed by atoms with Crippen LogP contribution in [0.15, 0.2) is 60.8 Å². The average Bonchev–Trinajstić information content (AvgIpc) is 3.39. The zero-order valence-electron chi connectivity index (χ0n) is 24.7. The first-order valence-corrected chi connectivity index (χ1v) is 15.8. The molecule has 3 heterocycles. The van der Waals surface area contributed by atoms with Crippen molar-refractivity contribution in [3.05, 3.63) is 83.2 Å². The number of fused-ring (bicyclic) bond motifs is 1. The highest BCUT2D eigenvalue weighted by Crippen LogP contribution is 2.37. The summed E-state index contributed by atoms with van der Waals surface area (Å²) in [5.74, 6) is 0.0568. The van der Waals surface area contributed by atoms with E-state index in [1.54, 1.807) is 29.2 Å². The molecule has 10 nitrogen and oxygen atoms in total. The molecule has 1 aliphatic heterocycles. The molecule has 4 aromatic rings. The SMILES string of the molecule is COc1ccc(-c2nc3c(C(=O)N4CCN([C@@H](CNS(C)(=O)=O)c5ccccc5)C[C@H]4C)cnn3c(C(F)(F)F)c2C)cc1. The van der Waals surface area contributed by atoms with Crippen molar-refractivity contribution in [2.75, 3.05) is 39.5 Å². The van der Waals surface area contributed by atoms with E-state index in [9.17, 15) is 26.4 Å². The summed E-state index contributed by atoms with van der Waals surface area (Å²) in [6, 6.07) is 15.3. The fourth-order valence-corrected chi connectivity index (χ4v) is 6.14. The summed E-state index contributed by atoms with van der Waals surface area (Å²) in [7, 11) is -1.95. The van der Waals surface area contributed by atoms with Gasteiger partial charge in [0.05, 0.1) is 25.3 Å². The quantitative estimate of drug-likeness (QED) is 0.311. The smallest absolute Gasteiger partial charge is 0.433 e. The summed E-state index contributed by atoms with van der Waals surface area (Å²) in [6.45, 7) is 4.42.